The highest BCUT2D eigenvalue weighted by Crippen LogP contribution is 2.40. The van der Waals surface area contributed by atoms with Crippen molar-refractivity contribution in [1.82, 2.24) is 9.80 Å². The maximum atomic E-state index is 12.9. The van der Waals surface area contributed by atoms with Crippen LogP contribution in [0.5, 0.6) is 0 Å². The van der Waals surface area contributed by atoms with Crippen molar-refractivity contribution in [3.8, 4) is 0 Å². The molecule has 0 N–H and O–H groups in total. The minimum absolute atomic E-state index is 0.232. The van der Waals surface area contributed by atoms with Gasteiger partial charge in [-0.25, -0.2) is 0 Å². The van der Waals surface area contributed by atoms with E-state index in [4.69, 9.17) is 0 Å². The van der Waals surface area contributed by atoms with Crippen molar-refractivity contribution in [2.45, 2.75) is 31.5 Å². The molecular weight excluding hydrogens is 284 g/mol. The summed E-state index contributed by atoms with van der Waals surface area (Å²) in [6, 6.07) is 20.8. The van der Waals surface area contributed by atoms with Crippen LogP contribution in [0.4, 0.5) is 0 Å². The zero-order valence-electron chi connectivity index (χ0n) is 13.3. The molecule has 1 spiro atoms. The molecule has 2 aromatic carbocycles. The van der Waals surface area contributed by atoms with Crippen LogP contribution in [0.1, 0.15) is 24.0 Å². The number of hydrogen-bond donors (Lipinski definition) is 0. The molecule has 0 radical (unpaired) electrons. The molecule has 1 atom stereocenters. The molecule has 2 aromatic rings. The van der Waals surface area contributed by atoms with Crippen LogP contribution >= 0.6 is 0 Å². The second-order valence-electron chi connectivity index (χ2n) is 6.69. The van der Waals surface area contributed by atoms with Gasteiger partial charge in [-0.3, -0.25) is 9.69 Å². The van der Waals surface area contributed by atoms with Gasteiger partial charge in [0, 0.05) is 19.6 Å². The summed E-state index contributed by atoms with van der Waals surface area (Å²) >= 11 is 0. The molecule has 23 heavy (non-hydrogen) atoms. The van der Waals surface area contributed by atoms with Crippen molar-refractivity contribution in [1.29, 1.82) is 0 Å². The lowest BCUT2D eigenvalue weighted by molar-refractivity contribution is -0.163. The first-order chi connectivity index (χ1) is 11.3. The molecule has 2 saturated heterocycles. The van der Waals surface area contributed by atoms with Crippen molar-refractivity contribution in [2.75, 3.05) is 13.1 Å². The number of amides is 1. The Kier molecular flexibility index (Phi) is 3.66. The van der Waals surface area contributed by atoms with Crippen molar-refractivity contribution in [3.05, 3.63) is 71.8 Å². The Balaban J connectivity index is 1.45. The molecule has 0 saturated carbocycles. The van der Waals surface area contributed by atoms with Gasteiger partial charge in [-0.05, 0) is 30.5 Å². The fraction of sp³-hybridized carbons (Fsp3) is 0.350. The van der Waals surface area contributed by atoms with Crippen molar-refractivity contribution >= 4 is 5.91 Å². The summed E-state index contributed by atoms with van der Waals surface area (Å²) in [6.45, 7) is 3.51. The first kappa shape index (κ1) is 14.5. The van der Waals surface area contributed by atoms with Gasteiger partial charge in [-0.15, -0.1) is 0 Å². The minimum Gasteiger partial charge on any atom is -0.334 e. The average molecular weight is 306 g/mol. The molecule has 0 aliphatic carbocycles. The first-order valence-electron chi connectivity index (χ1n) is 8.40. The third-order valence-corrected chi connectivity index (χ3v) is 5.19. The quantitative estimate of drug-likeness (QED) is 0.811. The lowest BCUT2D eigenvalue weighted by Crippen LogP contribution is -2.71. The van der Waals surface area contributed by atoms with Gasteiger partial charge in [-0.2, -0.15) is 0 Å². The first-order valence-corrected chi connectivity index (χ1v) is 8.40. The van der Waals surface area contributed by atoms with Crippen LogP contribution in [0.3, 0.4) is 0 Å². The molecule has 3 heteroatoms. The molecule has 0 bridgehead atoms. The highest BCUT2D eigenvalue weighted by atomic mass is 16.2. The average Bonchev–Trinajstić information content (AvgIpc) is 3.01. The summed E-state index contributed by atoms with van der Waals surface area (Å²) in [5.74, 6) is 0.315. The fourth-order valence-electron chi connectivity index (χ4n) is 3.98. The van der Waals surface area contributed by atoms with Gasteiger partial charge in [0.2, 0.25) is 5.91 Å². The topological polar surface area (TPSA) is 23.6 Å². The van der Waals surface area contributed by atoms with Gasteiger partial charge in [0.15, 0.2) is 0 Å². The third kappa shape index (κ3) is 2.55. The van der Waals surface area contributed by atoms with Crippen LogP contribution in [0.15, 0.2) is 60.7 Å². The summed E-state index contributed by atoms with van der Waals surface area (Å²) in [6.07, 6.45) is 2.13. The second kappa shape index (κ2) is 5.82. The van der Waals surface area contributed by atoms with E-state index >= 15 is 0 Å². The molecule has 2 fully saturated rings. The van der Waals surface area contributed by atoms with E-state index in [1.165, 1.54) is 11.1 Å². The molecule has 0 aromatic heterocycles. The molecule has 1 amide bonds. The van der Waals surface area contributed by atoms with Gasteiger partial charge in [0.25, 0.3) is 0 Å². The molecule has 2 heterocycles. The maximum absolute atomic E-state index is 12.9. The predicted octanol–water partition coefficient (Wildman–Crippen LogP) is 3.06. The monoisotopic (exact) mass is 306 g/mol. The Labute approximate surface area is 137 Å². The number of nitrogens with zero attached hydrogens (tertiary/aromatic N) is 2. The van der Waals surface area contributed by atoms with Crippen molar-refractivity contribution in [2.24, 2.45) is 0 Å². The predicted molar refractivity (Wildman–Crippen MR) is 90.7 cm³/mol. The number of benzene rings is 2. The van der Waals surface area contributed by atoms with E-state index in [0.717, 1.165) is 39.0 Å². The van der Waals surface area contributed by atoms with Gasteiger partial charge < -0.3 is 4.90 Å². The van der Waals surface area contributed by atoms with Crippen LogP contribution < -0.4 is 0 Å². The van der Waals surface area contributed by atoms with Gasteiger partial charge in [-0.1, -0.05) is 60.7 Å². The molecule has 0 unspecified atom stereocenters. The lowest BCUT2D eigenvalue weighted by atomic mass is 9.85. The summed E-state index contributed by atoms with van der Waals surface area (Å²) in [7, 11) is 0. The summed E-state index contributed by atoms with van der Waals surface area (Å²) in [5.41, 5.74) is 2.27. The number of likely N-dealkylation sites (tertiary alicyclic amines) is 2. The van der Waals surface area contributed by atoms with Crippen LogP contribution in [0, 0.1) is 0 Å². The van der Waals surface area contributed by atoms with E-state index in [1.807, 2.05) is 29.2 Å². The Morgan fingerprint density at radius 2 is 1.48 bits per heavy atom. The van der Waals surface area contributed by atoms with E-state index in [-0.39, 0.29) is 5.54 Å². The van der Waals surface area contributed by atoms with Crippen LogP contribution in [-0.4, -0.2) is 34.3 Å². The Bertz CT molecular complexity index is 685. The number of rotatable bonds is 4. The largest absolute Gasteiger partial charge is 0.334 e. The fourth-order valence-corrected chi connectivity index (χ4v) is 3.98. The maximum Gasteiger partial charge on any atom is 0.245 e. The van der Waals surface area contributed by atoms with Crippen LogP contribution in [0.25, 0.3) is 0 Å². The molecule has 4 rings (SSSR count). The lowest BCUT2D eigenvalue weighted by Gasteiger charge is -2.51. The van der Waals surface area contributed by atoms with E-state index in [0.29, 0.717) is 5.91 Å². The Hall–Kier alpha value is -2.13. The third-order valence-electron chi connectivity index (χ3n) is 5.19. The van der Waals surface area contributed by atoms with Crippen LogP contribution in [-0.2, 0) is 17.9 Å². The van der Waals surface area contributed by atoms with Gasteiger partial charge in [0.05, 0.1) is 0 Å². The van der Waals surface area contributed by atoms with Crippen molar-refractivity contribution in [3.63, 3.8) is 0 Å². The smallest absolute Gasteiger partial charge is 0.245 e. The highest BCUT2D eigenvalue weighted by molar-refractivity contribution is 5.93. The zero-order valence-corrected chi connectivity index (χ0v) is 13.3. The summed E-state index contributed by atoms with van der Waals surface area (Å²) in [5, 5.41) is 0. The molecule has 3 nitrogen and oxygen atoms in total. The highest BCUT2D eigenvalue weighted by Gasteiger charge is 2.57. The molecule has 118 valence electrons. The molecule has 2 aliphatic rings. The van der Waals surface area contributed by atoms with E-state index < -0.39 is 0 Å². The van der Waals surface area contributed by atoms with E-state index in [9.17, 15) is 4.79 Å². The van der Waals surface area contributed by atoms with E-state index in [1.54, 1.807) is 0 Å². The Morgan fingerprint density at radius 1 is 0.870 bits per heavy atom. The van der Waals surface area contributed by atoms with Gasteiger partial charge >= 0.3 is 0 Å². The zero-order chi connectivity index (χ0) is 15.7. The number of carbonyl (C=O) groups excluding carboxylic acids is 1. The van der Waals surface area contributed by atoms with Crippen molar-refractivity contribution < 1.29 is 4.79 Å². The van der Waals surface area contributed by atoms with E-state index in [2.05, 4.69) is 41.3 Å². The normalized spacial score (nSPS) is 24.2. The number of β-lactam (4-membered cyclic amide) rings is 1. The number of carbonyl (C=O) groups is 1. The second-order valence-corrected chi connectivity index (χ2v) is 6.69. The number of hydrogen-bond acceptors (Lipinski definition) is 2. The molecular formula is C20H22N2O. The Morgan fingerprint density at radius 3 is 2.09 bits per heavy atom. The standard InChI is InChI=1S/C20H22N2O/c23-19-20(16-21(19)14-17-8-3-1-4-9-17)12-7-13-22(20)15-18-10-5-2-6-11-18/h1-6,8-11H,7,12-16H2/t20-/m1/s1. The SMILES string of the molecule is O=C1N(Cc2ccccc2)C[C@]12CCCN2Cc1ccccc1. The summed E-state index contributed by atoms with van der Waals surface area (Å²) < 4.78 is 0. The summed E-state index contributed by atoms with van der Waals surface area (Å²) in [4.78, 5) is 17.3. The van der Waals surface area contributed by atoms with Crippen LogP contribution in [0.2, 0.25) is 0 Å². The minimum atomic E-state index is -0.232. The van der Waals surface area contributed by atoms with Gasteiger partial charge in [0.1, 0.15) is 5.54 Å². The molecule has 2 aliphatic heterocycles.